The number of nitrogens with zero attached hydrogens (tertiary/aromatic N) is 1. The Morgan fingerprint density at radius 3 is 2.42 bits per heavy atom. The van der Waals surface area contributed by atoms with Crippen LogP contribution in [0.2, 0.25) is 0 Å². The predicted molar refractivity (Wildman–Crippen MR) is 125 cm³/mol. The first kappa shape index (κ1) is 24.9. The highest BCUT2D eigenvalue weighted by Gasteiger charge is 2.35. The molecule has 33 heavy (non-hydrogen) atoms. The summed E-state index contributed by atoms with van der Waals surface area (Å²) < 4.78 is 41.8. The van der Waals surface area contributed by atoms with E-state index in [2.05, 4.69) is 10.6 Å². The largest absolute Gasteiger partial charge is 0.348 e. The lowest BCUT2D eigenvalue weighted by molar-refractivity contribution is -0.136. The first-order chi connectivity index (χ1) is 15.6. The van der Waals surface area contributed by atoms with Gasteiger partial charge >= 0.3 is 11.8 Å². The molecule has 7 nitrogen and oxygen atoms in total. The van der Waals surface area contributed by atoms with Crippen molar-refractivity contribution in [1.82, 2.24) is 9.62 Å². The summed E-state index contributed by atoms with van der Waals surface area (Å²) in [6.45, 7) is 6.13. The Labute approximate surface area is 194 Å². The van der Waals surface area contributed by atoms with E-state index in [-0.39, 0.29) is 18.3 Å². The predicted octanol–water partition coefficient (Wildman–Crippen LogP) is 3.44. The second kappa shape index (κ2) is 10.4. The molecular formula is C24H30FN3O4S. The first-order valence-electron chi connectivity index (χ1n) is 11.0. The molecule has 1 aliphatic heterocycles. The van der Waals surface area contributed by atoms with Gasteiger partial charge in [-0.1, -0.05) is 30.2 Å². The van der Waals surface area contributed by atoms with Gasteiger partial charge in [-0.3, -0.25) is 9.59 Å². The van der Waals surface area contributed by atoms with Gasteiger partial charge in [-0.05, 0) is 69.4 Å². The summed E-state index contributed by atoms with van der Waals surface area (Å²) in [5, 5.41) is 4.89. The standard InChI is InChI=1S/C24H30FN3O4S/c1-16-13-17(2)22(18(3)14-16)33(31,32)28-12-5-4-9-21(28)10-11-26-23(29)24(30)27-20-8-6-7-19(25)15-20/h6-8,13-15,21H,4-5,9-12H2,1-3H3,(H,26,29)(H,27,30)/t21-/m1/s1. The fourth-order valence-electron chi connectivity index (χ4n) is 4.46. The molecule has 0 aromatic heterocycles. The second-order valence-corrected chi connectivity index (χ2v) is 10.3. The zero-order valence-corrected chi connectivity index (χ0v) is 20.0. The van der Waals surface area contributed by atoms with Crippen LogP contribution in [0.4, 0.5) is 10.1 Å². The number of carbonyl (C=O) groups is 2. The van der Waals surface area contributed by atoms with Crippen molar-refractivity contribution in [3.8, 4) is 0 Å². The van der Waals surface area contributed by atoms with Crippen LogP contribution in [-0.2, 0) is 19.6 Å². The topological polar surface area (TPSA) is 95.6 Å². The summed E-state index contributed by atoms with van der Waals surface area (Å²) in [5.41, 5.74) is 2.64. The molecule has 0 aliphatic carbocycles. The molecule has 0 unspecified atom stereocenters. The van der Waals surface area contributed by atoms with E-state index < -0.39 is 27.7 Å². The average molecular weight is 476 g/mol. The molecule has 0 bridgehead atoms. The number of piperidine rings is 1. The number of carbonyl (C=O) groups excluding carboxylic acids is 2. The highest BCUT2D eigenvalue weighted by molar-refractivity contribution is 7.89. The highest BCUT2D eigenvalue weighted by Crippen LogP contribution is 2.31. The van der Waals surface area contributed by atoms with Crippen LogP contribution in [0.25, 0.3) is 0 Å². The lowest BCUT2D eigenvalue weighted by atomic mass is 10.0. The van der Waals surface area contributed by atoms with Gasteiger partial charge in [0.05, 0.1) is 4.90 Å². The number of aryl methyl sites for hydroxylation is 3. The summed E-state index contributed by atoms with van der Waals surface area (Å²) in [5.74, 6) is -2.28. The van der Waals surface area contributed by atoms with Crippen molar-refractivity contribution >= 4 is 27.5 Å². The molecule has 0 saturated carbocycles. The number of benzene rings is 2. The second-order valence-electron chi connectivity index (χ2n) is 8.50. The Morgan fingerprint density at radius 1 is 1.06 bits per heavy atom. The van der Waals surface area contributed by atoms with Gasteiger partial charge in [-0.15, -0.1) is 0 Å². The molecule has 0 spiro atoms. The maximum Gasteiger partial charge on any atom is 0.313 e. The highest BCUT2D eigenvalue weighted by atomic mass is 32.2. The number of sulfonamides is 1. The van der Waals surface area contributed by atoms with Crippen LogP contribution in [0, 0.1) is 26.6 Å². The van der Waals surface area contributed by atoms with Crippen molar-refractivity contribution in [3.63, 3.8) is 0 Å². The molecule has 9 heteroatoms. The van der Waals surface area contributed by atoms with E-state index in [1.54, 1.807) is 4.31 Å². The van der Waals surface area contributed by atoms with Gasteiger partial charge in [0, 0.05) is 24.8 Å². The first-order valence-corrected chi connectivity index (χ1v) is 12.5. The Hall–Kier alpha value is -2.78. The summed E-state index contributed by atoms with van der Waals surface area (Å²) in [4.78, 5) is 24.6. The van der Waals surface area contributed by atoms with Gasteiger partial charge in [0.1, 0.15) is 5.82 Å². The molecule has 1 fully saturated rings. The van der Waals surface area contributed by atoms with Gasteiger partial charge < -0.3 is 10.6 Å². The lowest BCUT2D eigenvalue weighted by Gasteiger charge is -2.35. The summed E-state index contributed by atoms with van der Waals surface area (Å²) in [6.07, 6.45) is 2.76. The minimum atomic E-state index is -3.70. The molecule has 2 amide bonds. The Balaban J connectivity index is 1.64. The van der Waals surface area contributed by atoms with Crippen molar-refractivity contribution in [3.05, 3.63) is 58.9 Å². The van der Waals surface area contributed by atoms with E-state index in [1.807, 2.05) is 32.9 Å². The van der Waals surface area contributed by atoms with Crippen LogP contribution in [0.5, 0.6) is 0 Å². The van der Waals surface area contributed by atoms with Crippen LogP contribution >= 0.6 is 0 Å². The van der Waals surface area contributed by atoms with Gasteiger partial charge in [0.15, 0.2) is 0 Å². The Bertz CT molecular complexity index is 1130. The fraction of sp³-hybridized carbons (Fsp3) is 0.417. The van der Waals surface area contributed by atoms with Gasteiger partial charge in [-0.25, -0.2) is 12.8 Å². The van der Waals surface area contributed by atoms with Crippen molar-refractivity contribution in [2.24, 2.45) is 0 Å². The maximum absolute atomic E-state index is 13.5. The van der Waals surface area contributed by atoms with E-state index in [9.17, 15) is 22.4 Å². The van der Waals surface area contributed by atoms with Crippen molar-refractivity contribution < 1.29 is 22.4 Å². The molecule has 3 rings (SSSR count). The molecule has 0 radical (unpaired) electrons. The summed E-state index contributed by atoms with van der Waals surface area (Å²) in [7, 11) is -3.70. The van der Waals surface area contributed by atoms with Crippen LogP contribution < -0.4 is 10.6 Å². The fourth-order valence-corrected chi connectivity index (χ4v) is 6.60. The Kier molecular flexibility index (Phi) is 7.86. The van der Waals surface area contributed by atoms with Gasteiger partial charge in [0.2, 0.25) is 10.0 Å². The van der Waals surface area contributed by atoms with Gasteiger partial charge in [-0.2, -0.15) is 4.31 Å². The number of hydrogen-bond donors (Lipinski definition) is 2. The van der Waals surface area contributed by atoms with E-state index in [0.717, 1.165) is 35.6 Å². The number of rotatable bonds is 6. The summed E-state index contributed by atoms with van der Waals surface area (Å²) in [6, 6.07) is 8.74. The van der Waals surface area contributed by atoms with Crippen molar-refractivity contribution in [1.29, 1.82) is 0 Å². The average Bonchev–Trinajstić information content (AvgIpc) is 2.73. The number of amides is 2. The van der Waals surface area contributed by atoms with Crippen LogP contribution in [0.15, 0.2) is 41.3 Å². The number of hydrogen-bond acceptors (Lipinski definition) is 4. The van der Waals surface area contributed by atoms with E-state index in [4.69, 9.17) is 0 Å². The molecule has 2 aromatic rings. The van der Waals surface area contributed by atoms with Crippen LogP contribution in [-0.4, -0.2) is 43.7 Å². The van der Waals surface area contributed by atoms with E-state index in [1.165, 1.54) is 18.2 Å². The smallest absolute Gasteiger partial charge is 0.313 e. The zero-order chi connectivity index (χ0) is 24.2. The SMILES string of the molecule is Cc1cc(C)c(S(=O)(=O)N2CCCC[C@@H]2CCNC(=O)C(=O)Nc2cccc(F)c2)c(C)c1. The summed E-state index contributed by atoms with van der Waals surface area (Å²) >= 11 is 0. The van der Waals surface area contributed by atoms with E-state index >= 15 is 0 Å². The quantitative estimate of drug-likeness (QED) is 0.626. The molecular weight excluding hydrogens is 445 g/mol. The third-order valence-corrected chi connectivity index (χ3v) is 8.05. The van der Waals surface area contributed by atoms with E-state index in [0.29, 0.717) is 24.3 Å². The zero-order valence-electron chi connectivity index (χ0n) is 19.2. The number of anilines is 1. The molecule has 1 saturated heterocycles. The third-order valence-electron chi connectivity index (χ3n) is 5.80. The molecule has 1 atom stereocenters. The monoisotopic (exact) mass is 475 g/mol. The number of halogens is 1. The minimum Gasteiger partial charge on any atom is -0.348 e. The molecule has 2 aromatic carbocycles. The van der Waals surface area contributed by atoms with Crippen LogP contribution in [0.3, 0.4) is 0 Å². The number of nitrogens with one attached hydrogen (secondary N) is 2. The molecule has 1 aliphatic rings. The minimum absolute atomic E-state index is 0.151. The molecule has 2 N–H and O–H groups in total. The third kappa shape index (κ3) is 5.97. The normalized spacial score (nSPS) is 16.9. The maximum atomic E-state index is 13.5. The molecule has 1 heterocycles. The van der Waals surface area contributed by atoms with Crippen molar-refractivity contribution in [2.75, 3.05) is 18.4 Å². The van der Waals surface area contributed by atoms with Crippen molar-refractivity contribution in [2.45, 2.75) is 57.4 Å². The lowest BCUT2D eigenvalue weighted by Crippen LogP contribution is -2.46. The van der Waals surface area contributed by atoms with Gasteiger partial charge in [0.25, 0.3) is 0 Å². The van der Waals surface area contributed by atoms with Crippen LogP contribution in [0.1, 0.15) is 42.4 Å². The Morgan fingerprint density at radius 2 is 1.76 bits per heavy atom. The molecule has 178 valence electrons.